The summed E-state index contributed by atoms with van der Waals surface area (Å²) >= 11 is 0. The Kier molecular flexibility index (Phi) is 5.35. The maximum absolute atomic E-state index is 5.77. The van der Waals surface area contributed by atoms with Gasteiger partial charge in [-0.3, -0.25) is 10.0 Å². The Labute approximate surface area is 98.5 Å². The first-order valence-electron chi connectivity index (χ1n) is 6.13. The van der Waals surface area contributed by atoms with Crippen LogP contribution in [-0.4, -0.2) is 36.2 Å². The van der Waals surface area contributed by atoms with Crippen molar-refractivity contribution < 1.29 is 0 Å². The summed E-state index contributed by atoms with van der Waals surface area (Å²) in [6.07, 6.45) is 6.39. The number of rotatable bonds is 6. The average molecular weight is 224 g/mol. The Bertz CT molecular complexity index is 242. The molecule has 1 rings (SSSR count). The minimum Gasteiger partial charge on any atom is -0.325 e. The maximum Gasteiger partial charge on any atom is 0.0484 e. The molecule has 1 aliphatic rings. The van der Waals surface area contributed by atoms with Crippen LogP contribution in [0, 0.1) is 0 Å². The molecule has 0 fully saturated rings. The molecular formula is C12H24N4. The molecule has 4 nitrogen and oxygen atoms in total. The summed E-state index contributed by atoms with van der Waals surface area (Å²) in [6.45, 7) is 7.52. The van der Waals surface area contributed by atoms with E-state index in [1.807, 2.05) is 0 Å². The first kappa shape index (κ1) is 13.1. The van der Waals surface area contributed by atoms with Gasteiger partial charge in [-0.2, -0.15) is 0 Å². The highest BCUT2D eigenvalue weighted by Gasteiger charge is 2.20. The van der Waals surface area contributed by atoms with Crippen LogP contribution in [0.25, 0.3) is 0 Å². The molecule has 0 saturated heterocycles. The van der Waals surface area contributed by atoms with Crippen LogP contribution in [0.5, 0.6) is 0 Å². The van der Waals surface area contributed by atoms with Gasteiger partial charge in [0.05, 0.1) is 0 Å². The lowest BCUT2D eigenvalue weighted by Crippen LogP contribution is -2.47. The molecule has 4 heteroatoms. The number of hydrazine groups is 1. The Morgan fingerprint density at radius 1 is 0.875 bits per heavy atom. The zero-order valence-electron chi connectivity index (χ0n) is 10.4. The van der Waals surface area contributed by atoms with Crippen molar-refractivity contribution in [2.75, 3.05) is 26.2 Å². The Hall–Kier alpha value is -1.00. The minimum absolute atomic E-state index is 0.578. The van der Waals surface area contributed by atoms with E-state index in [0.29, 0.717) is 13.1 Å². The molecule has 0 bridgehead atoms. The first-order valence-corrected chi connectivity index (χ1v) is 6.13. The molecule has 0 amide bonds. The van der Waals surface area contributed by atoms with Gasteiger partial charge in [0.15, 0.2) is 0 Å². The second-order valence-corrected chi connectivity index (χ2v) is 3.97. The van der Waals surface area contributed by atoms with Gasteiger partial charge >= 0.3 is 0 Å². The van der Waals surface area contributed by atoms with Crippen LogP contribution in [-0.2, 0) is 0 Å². The molecule has 1 heterocycles. The van der Waals surface area contributed by atoms with Gasteiger partial charge in [0.1, 0.15) is 0 Å². The molecule has 0 spiro atoms. The minimum atomic E-state index is 0.578. The third-order valence-corrected chi connectivity index (χ3v) is 2.71. The molecule has 0 aromatic rings. The van der Waals surface area contributed by atoms with Gasteiger partial charge in [-0.05, 0) is 25.0 Å². The molecule has 0 atom stereocenters. The van der Waals surface area contributed by atoms with Crippen molar-refractivity contribution in [2.45, 2.75) is 26.7 Å². The summed E-state index contributed by atoms with van der Waals surface area (Å²) in [7, 11) is 0. The highest BCUT2D eigenvalue weighted by atomic mass is 15.6. The highest BCUT2D eigenvalue weighted by Crippen LogP contribution is 2.20. The van der Waals surface area contributed by atoms with Gasteiger partial charge < -0.3 is 11.5 Å². The van der Waals surface area contributed by atoms with Crippen molar-refractivity contribution >= 4 is 0 Å². The van der Waals surface area contributed by atoms with Crippen LogP contribution in [0.15, 0.2) is 23.5 Å². The Balaban J connectivity index is 2.89. The summed E-state index contributed by atoms with van der Waals surface area (Å²) in [5, 5.41) is 4.54. The summed E-state index contributed by atoms with van der Waals surface area (Å²) < 4.78 is 0. The number of nitrogens with two attached hydrogens (primary N) is 2. The lowest BCUT2D eigenvalue weighted by atomic mass is 10.2. The van der Waals surface area contributed by atoms with Crippen LogP contribution in [0.3, 0.4) is 0 Å². The van der Waals surface area contributed by atoms with E-state index in [1.54, 1.807) is 0 Å². The summed E-state index contributed by atoms with van der Waals surface area (Å²) in [4.78, 5) is 0. The fourth-order valence-corrected chi connectivity index (χ4v) is 1.97. The Morgan fingerprint density at radius 3 is 1.50 bits per heavy atom. The molecular weight excluding hydrogens is 200 g/mol. The van der Waals surface area contributed by atoms with E-state index < -0.39 is 0 Å². The van der Waals surface area contributed by atoms with Crippen molar-refractivity contribution in [3.8, 4) is 0 Å². The zero-order valence-corrected chi connectivity index (χ0v) is 10.4. The molecule has 4 N–H and O–H groups in total. The third kappa shape index (κ3) is 2.77. The van der Waals surface area contributed by atoms with Crippen molar-refractivity contribution in [1.29, 1.82) is 0 Å². The van der Waals surface area contributed by atoms with Gasteiger partial charge in [-0.1, -0.05) is 13.8 Å². The number of hydrogen-bond acceptors (Lipinski definition) is 4. The van der Waals surface area contributed by atoms with E-state index in [9.17, 15) is 0 Å². The molecule has 92 valence electrons. The Morgan fingerprint density at radius 2 is 1.25 bits per heavy atom. The monoisotopic (exact) mass is 224 g/mol. The van der Waals surface area contributed by atoms with Crippen molar-refractivity contribution in [3.05, 3.63) is 23.5 Å². The third-order valence-electron chi connectivity index (χ3n) is 2.71. The van der Waals surface area contributed by atoms with E-state index in [2.05, 4.69) is 36.0 Å². The number of nitrogens with zero attached hydrogens (tertiary/aromatic N) is 2. The van der Waals surface area contributed by atoms with Gasteiger partial charge in [0.2, 0.25) is 0 Å². The van der Waals surface area contributed by atoms with Crippen molar-refractivity contribution in [1.82, 2.24) is 10.0 Å². The van der Waals surface area contributed by atoms with Gasteiger partial charge in [0.25, 0.3) is 0 Å². The lowest BCUT2D eigenvalue weighted by Gasteiger charge is -2.42. The largest absolute Gasteiger partial charge is 0.325 e. The van der Waals surface area contributed by atoms with Crippen LogP contribution in [0.4, 0.5) is 0 Å². The van der Waals surface area contributed by atoms with Gasteiger partial charge in [-0.15, -0.1) is 0 Å². The highest BCUT2D eigenvalue weighted by molar-refractivity contribution is 5.23. The second kappa shape index (κ2) is 6.55. The fourth-order valence-electron chi connectivity index (χ4n) is 1.97. The maximum atomic E-state index is 5.77. The van der Waals surface area contributed by atoms with Gasteiger partial charge in [0, 0.05) is 37.6 Å². The topological polar surface area (TPSA) is 58.5 Å². The van der Waals surface area contributed by atoms with E-state index in [4.69, 9.17) is 11.5 Å². The predicted octanol–water partition coefficient (Wildman–Crippen LogP) is 1.02. The van der Waals surface area contributed by atoms with E-state index in [1.165, 1.54) is 11.4 Å². The summed E-state index contributed by atoms with van der Waals surface area (Å²) in [5.41, 5.74) is 13.9. The van der Waals surface area contributed by atoms with E-state index >= 15 is 0 Å². The van der Waals surface area contributed by atoms with Crippen molar-refractivity contribution in [3.63, 3.8) is 0 Å². The van der Waals surface area contributed by atoms with Crippen LogP contribution in [0.2, 0.25) is 0 Å². The van der Waals surface area contributed by atoms with Crippen LogP contribution >= 0.6 is 0 Å². The molecule has 16 heavy (non-hydrogen) atoms. The molecule has 1 aliphatic heterocycles. The second-order valence-electron chi connectivity index (χ2n) is 3.97. The van der Waals surface area contributed by atoms with Crippen LogP contribution in [0.1, 0.15) is 26.7 Å². The molecule has 0 unspecified atom stereocenters. The molecule has 0 aromatic carbocycles. The fraction of sp³-hybridized carbons (Fsp3) is 0.667. The zero-order chi connectivity index (χ0) is 12.0. The lowest BCUT2D eigenvalue weighted by molar-refractivity contribution is 0.0386. The van der Waals surface area contributed by atoms with Crippen molar-refractivity contribution in [2.24, 2.45) is 11.5 Å². The number of hydrogen-bond donors (Lipinski definition) is 2. The van der Waals surface area contributed by atoms with E-state index in [-0.39, 0.29) is 0 Å². The van der Waals surface area contributed by atoms with E-state index in [0.717, 1.165) is 25.9 Å². The molecule has 0 aromatic heterocycles. The van der Waals surface area contributed by atoms with Crippen LogP contribution < -0.4 is 11.5 Å². The molecule has 0 radical (unpaired) electrons. The predicted molar refractivity (Wildman–Crippen MR) is 68.3 cm³/mol. The summed E-state index contributed by atoms with van der Waals surface area (Å²) in [5.74, 6) is 0. The quantitative estimate of drug-likeness (QED) is 0.707. The molecule has 0 aliphatic carbocycles. The number of allylic oxidation sites excluding steroid dienone is 2. The summed E-state index contributed by atoms with van der Waals surface area (Å²) in [6, 6.07) is 0. The molecule has 0 saturated carbocycles. The standard InChI is InChI=1S/C12H24N4/c1-3-7-15-11(9-13)5-6-12(10-14)16(15)8-4-2/h5-6H,3-4,7-10,13-14H2,1-2H3. The SMILES string of the molecule is CCCN1C(CN)=CC=C(CN)N1CCC. The smallest absolute Gasteiger partial charge is 0.0484 e. The first-order chi connectivity index (χ1) is 7.78. The van der Waals surface area contributed by atoms with Gasteiger partial charge in [-0.25, -0.2) is 0 Å². The normalized spacial score (nSPS) is 16.2. The average Bonchev–Trinajstić information content (AvgIpc) is 2.31.